The van der Waals surface area contributed by atoms with Crippen LogP contribution < -0.4 is 11.6 Å². The van der Waals surface area contributed by atoms with Crippen molar-refractivity contribution in [3.63, 3.8) is 0 Å². The Kier molecular flexibility index (Phi) is 4.22. The van der Waals surface area contributed by atoms with Gasteiger partial charge in [0.25, 0.3) is 0 Å². The number of thioether (sulfide) groups is 1. The van der Waals surface area contributed by atoms with Crippen molar-refractivity contribution in [3.05, 3.63) is 0 Å². The van der Waals surface area contributed by atoms with Gasteiger partial charge in [-0.05, 0) is 6.92 Å². The lowest BCUT2D eigenvalue weighted by atomic mass is 10.3. The van der Waals surface area contributed by atoms with Gasteiger partial charge >= 0.3 is 0 Å². The Labute approximate surface area is 64.7 Å². The first-order valence-electron chi connectivity index (χ1n) is 2.96. The fourth-order valence-corrected chi connectivity index (χ4v) is 0.958. The highest BCUT2D eigenvalue weighted by Gasteiger charge is 2.10. The Morgan fingerprint density at radius 1 is 1.60 bits per heavy atom. The van der Waals surface area contributed by atoms with E-state index in [4.69, 9.17) is 16.7 Å². The Bertz CT molecular complexity index is 126. The van der Waals surface area contributed by atoms with Gasteiger partial charge in [0.15, 0.2) is 5.17 Å². The molecule has 0 aliphatic carbocycles. The summed E-state index contributed by atoms with van der Waals surface area (Å²) in [5.74, 6) is 4.88. The summed E-state index contributed by atoms with van der Waals surface area (Å²) in [5, 5.41) is 12.6. The summed E-state index contributed by atoms with van der Waals surface area (Å²) in [6, 6.07) is 0. The minimum atomic E-state index is -0.398. The predicted octanol–water partition coefficient (Wildman–Crippen LogP) is -0.323. The zero-order valence-electron chi connectivity index (χ0n) is 6.11. The Balaban J connectivity index is 3.68. The molecule has 10 heavy (non-hydrogen) atoms. The molecule has 0 heterocycles. The molecule has 0 aliphatic rings. The summed E-state index contributed by atoms with van der Waals surface area (Å²) in [7, 11) is 0. The van der Waals surface area contributed by atoms with Crippen LogP contribution in [0.25, 0.3) is 0 Å². The molecule has 0 fully saturated rings. The summed E-state index contributed by atoms with van der Waals surface area (Å²) in [5.41, 5.74) is 5.29. The molecular weight excluding hydrogens is 150 g/mol. The standard InChI is InChI=1S/C5H13N3OS/c1-3(9)4(2)10-5(6)8-7/h3-4,9H,7H2,1-2H3,(H2,6,8). The van der Waals surface area contributed by atoms with Crippen LogP contribution in [0.5, 0.6) is 0 Å². The first-order chi connectivity index (χ1) is 4.57. The zero-order chi connectivity index (χ0) is 8.15. The number of hydrazone groups is 1. The van der Waals surface area contributed by atoms with Gasteiger partial charge in [-0.1, -0.05) is 18.7 Å². The summed E-state index contributed by atoms with van der Waals surface area (Å²) in [6.45, 7) is 3.55. The van der Waals surface area contributed by atoms with Crippen LogP contribution >= 0.6 is 11.8 Å². The van der Waals surface area contributed by atoms with Gasteiger partial charge in [-0.15, -0.1) is 0 Å². The maximum atomic E-state index is 8.99. The van der Waals surface area contributed by atoms with E-state index in [1.54, 1.807) is 6.92 Å². The van der Waals surface area contributed by atoms with Crippen LogP contribution in [0.2, 0.25) is 0 Å². The van der Waals surface area contributed by atoms with Gasteiger partial charge in [-0.25, -0.2) is 0 Å². The van der Waals surface area contributed by atoms with E-state index < -0.39 is 6.10 Å². The molecule has 0 saturated carbocycles. The van der Waals surface area contributed by atoms with Gasteiger partial charge < -0.3 is 16.7 Å². The SMILES string of the molecule is CC(O)C(C)S/C(N)=N/N. The van der Waals surface area contributed by atoms with Crippen molar-refractivity contribution in [1.29, 1.82) is 0 Å². The quantitative estimate of drug-likeness (QED) is 0.225. The molecule has 0 aromatic carbocycles. The number of nitrogens with zero attached hydrogens (tertiary/aromatic N) is 1. The number of hydrogen-bond acceptors (Lipinski definition) is 4. The van der Waals surface area contributed by atoms with Gasteiger partial charge in [-0.3, -0.25) is 0 Å². The van der Waals surface area contributed by atoms with E-state index in [0.29, 0.717) is 5.17 Å². The third-order valence-corrected chi connectivity index (χ3v) is 2.23. The molecule has 0 spiro atoms. The molecule has 0 amide bonds. The molecule has 2 atom stereocenters. The van der Waals surface area contributed by atoms with Crippen molar-refractivity contribution in [2.24, 2.45) is 16.7 Å². The normalized spacial score (nSPS) is 18.5. The number of aliphatic hydroxyl groups is 1. The second-order valence-corrected chi connectivity index (χ2v) is 3.43. The van der Waals surface area contributed by atoms with E-state index in [-0.39, 0.29) is 5.25 Å². The predicted molar refractivity (Wildman–Crippen MR) is 44.5 cm³/mol. The summed E-state index contributed by atoms with van der Waals surface area (Å²) in [6.07, 6.45) is -0.398. The van der Waals surface area contributed by atoms with E-state index >= 15 is 0 Å². The van der Waals surface area contributed by atoms with Crippen molar-refractivity contribution in [3.8, 4) is 0 Å². The number of aliphatic hydroxyl groups excluding tert-OH is 1. The molecule has 60 valence electrons. The highest BCUT2D eigenvalue weighted by Crippen LogP contribution is 2.12. The van der Waals surface area contributed by atoms with E-state index in [9.17, 15) is 0 Å². The Morgan fingerprint density at radius 2 is 2.10 bits per heavy atom. The molecule has 0 aliphatic heterocycles. The minimum Gasteiger partial charge on any atom is -0.392 e. The second-order valence-electron chi connectivity index (χ2n) is 2.03. The summed E-state index contributed by atoms with van der Waals surface area (Å²) >= 11 is 1.26. The van der Waals surface area contributed by atoms with Gasteiger partial charge in [0.2, 0.25) is 0 Å². The Morgan fingerprint density at radius 3 is 2.40 bits per heavy atom. The van der Waals surface area contributed by atoms with E-state index in [1.165, 1.54) is 11.8 Å². The van der Waals surface area contributed by atoms with Crippen LogP contribution in [0.3, 0.4) is 0 Å². The molecule has 0 radical (unpaired) electrons. The van der Waals surface area contributed by atoms with Gasteiger partial charge in [-0.2, -0.15) is 5.10 Å². The lowest BCUT2D eigenvalue weighted by Gasteiger charge is -2.11. The zero-order valence-corrected chi connectivity index (χ0v) is 6.93. The second kappa shape index (κ2) is 4.40. The maximum Gasteiger partial charge on any atom is 0.177 e. The molecule has 0 aromatic heterocycles. The van der Waals surface area contributed by atoms with E-state index in [0.717, 1.165) is 0 Å². The van der Waals surface area contributed by atoms with Crippen molar-refractivity contribution < 1.29 is 5.11 Å². The largest absolute Gasteiger partial charge is 0.392 e. The topological polar surface area (TPSA) is 84.6 Å². The third-order valence-electron chi connectivity index (χ3n) is 1.11. The van der Waals surface area contributed by atoms with Crippen LogP contribution in [0.1, 0.15) is 13.8 Å². The van der Waals surface area contributed by atoms with Gasteiger partial charge in [0.1, 0.15) is 0 Å². The fourth-order valence-electron chi connectivity index (χ4n) is 0.319. The molecule has 4 nitrogen and oxygen atoms in total. The molecule has 0 saturated heterocycles. The Hall–Kier alpha value is -0.420. The molecule has 5 heteroatoms. The number of rotatable bonds is 2. The molecule has 2 unspecified atom stereocenters. The summed E-state index contributed by atoms with van der Waals surface area (Å²) in [4.78, 5) is 0. The van der Waals surface area contributed by atoms with Gasteiger partial charge in [0, 0.05) is 5.25 Å². The van der Waals surface area contributed by atoms with Crippen molar-refractivity contribution in [2.45, 2.75) is 25.2 Å². The van der Waals surface area contributed by atoms with Crippen molar-refractivity contribution >= 4 is 16.9 Å². The smallest absolute Gasteiger partial charge is 0.177 e. The summed E-state index contributed by atoms with van der Waals surface area (Å²) < 4.78 is 0. The highest BCUT2D eigenvalue weighted by molar-refractivity contribution is 8.14. The number of amidine groups is 1. The molecule has 0 aromatic rings. The van der Waals surface area contributed by atoms with Crippen LogP contribution in [0.4, 0.5) is 0 Å². The lowest BCUT2D eigenvalue weighted by Crippen LogP contribution is -2.21. The molecule has 0 bridgehead atoms. The van der Waals surface area contributed by atoms with Crippen LogP contribution in [-0.4, -0.2) is 21.6 Å². The van der Waals surface area contributed by atoms with Crippen molar-refractivity contribution in [1.82, 2.24) is 0 Å². The average Bonchev–Trinajstić information content (AvgIpc) is 1.87. The third kappa shape index (κ3) is 3.58. The fraction of sp³-hybridized carbons (Fsp3) is 0.800. The van der Waals surface area contributed by atoms with E-state index in [1.807, 2.05) is 6.92 Å². The molecule has 0 rings (SSSR count). The number of nitrogens with two attached hydrogens (primary N) is 2. The van der Waals surface area contributed by atoms with Gasteiger partial charge in [0.05, 0.1) is 6.10 Å². The van der Waals surface area contributed by atoms with Crippen LogP contribution in [0.15, 0.2) is 5.10 Å². The number of hydrogen-bond donors (Lipinski definition) is 3. The van der Waals surface area contributed by atoms with Crippen LogP contribution in [0, 0.1) is 0 Å². The molecule has 5 N–H and O–H groups in total. The van der Waals surface area contributed by atoms with E-state index in [2.05, 4.69) is 5.10 Å². The first-order valence-corrected chi connectivity index (χ1v) is 3.84. The lowest BCUT2D eigenvalue weighted by molar-refractivity contribution is 0.196. The van der Waals surface area contributed by atoms with Crippen molar-refractivity contribution in [2.75, 3.05) is 0 Å². The molecular formula is C5H13N3OS. The highest BCUT2D eigenvalue weighted by atomic mass is 32.2. The maximum absolute atomic E-state index is 8.99. The van der Waals surface area contributed by atoms with Crippen LogP contribution in [-0.2, 0) is 0 Å². The average molecular weight is 163 g/mol. The monoisotopic (exact) mass is 163 g/mol. The first kappa shape index (κ1) is 9.58. The minimum absolute atomic E-state index is 0.0345.